The standard InChI is InChI=1S/C29H40N2O4S/c32-31(33)26-1-3-27(4-2-26)36(34,35)30(19-29-16-23-10-24(17-29)12-25(11-23)18-29)6-5-28-13-20-7-21(14-28)9-22(8-20)15-28/h1-4,20-25H,5-19H2. The highest BCUT2D eigenvalue weighted by molar-refractivity contribution is 7.89. The second kappa shape index (κ2) is 8.26. The van der Waals surface area contributed by atoms with E-state index in [-0.39, 0.29) is 16.0 Å². The number of nitro groups is 1. The molecule has 196 valence electrons. The second-order valence-corrected chi connectivity index (χ2v) is 16.1. The van der Waals surface area contributed by atoms with Crippen LogP contribution in [0.4, 0.5) is 5.69 Å². The number of benzene rings is 1. The molecule has 8 saturated carbocycles. The predicted octanol–water partition coefficient (Wildman–Crippen LogP) is 6.41. The van der Waals surface area contributed by atoms with Crippen molar-refractivity contribution in [2.75, 3.05) is 13.1 Å². The molecule has 0 atom stereocenters. The Morgan fingerprint density at radius 3 is 1.58 bits per heavy atom. The minimum atomic E-state index is -3.71. The third-order valence-electron chi connectivity index (χ3n) is 11.4. The molecule has 0 amide bonds. The van der Waals surface area contributed by atoms with Crippen LogP contribution in [0.15, 0.2) is 29.2 Å². The summed E-state index contributed by atoms with van der Waals surface area (Å²) in [7, 11) is -3.71. The van der Waals surface area contributed by atoms with Gasteiger partial charge in [-0.25, -0.2) is 8.42 Å². The molecule has 0 unspecified atom stereocenters. The number of non-ortho nitro benzene ring substituents is 1. The van der Waals surface area contributed by atoms with Gasteiger partial charge in [0.05, 0.1) is 9.82 Å². The monoisotopic (exact) mass is 512 g/mol. The molecule has 8 fully saturated rings. The second-order valence-electron chi connectivity index (χ2n) is 14.2. The molecule has 7 heteroatoms. The van der Waals surface area contributed by atoms with Gasteiger partial charge in [-0.1, -0.05) is 0 Å². The van der Waals surface area contributed by atoms with Crippen LogP contribution in [0.5, 0.6) is 0 Å². The molecule has 0 radical (unpaired) electrons. The molecule has 36 heavy (non-hydrogen) atoms. The molecular weight excluding hydrogens is 472 g/mol. The van der Waals surface area contributed by atoms with E-state index < -0.39 is 14.9 Å². The zero-order valence-corrected chi connectivity index (χ0v) is 22.1. The van der Waals surface area contributed by atoms with Gasteiger partial charge in [0.25, 0.3) is 5.69 Å². The van der Waals surface area contributed by atoms with Gasteiger partial charge in [-0.05, 0) is 142 Å². The van der Waals surface area contributed by atoms with Crippen molar-refractivity contribution in [3.05, 3.63) is 34.4 Å². The number of nitro benzene ring substituents is 1. The van der Waals surface area contributed by atoms with Crippen LogP contribution in [0.1, 0.15) is 83.5 Å². The van der Waals surface area contributed by atoms with Crippen LogP contribution in [0.2, 0.25) is 0 Å². The average molecular weight is 513 g/mol. The lowest BCUT2D eigenvalue weighted by molar-refractivity contribution is -0.384. The number of nitrogens with zero attached hydrogens (tertiary/aromatic N) is 2. The van der Waals surface area contributed by atoms with Crippen molar-refractivity contribution in [3.8, 4) is 0 Å². The summed E-state index contributed by atoms with van der Waals surface area (Å²) in [5.74, 6) is 4.92. The molecule has 6 nitrogen and oxygen atoms in total. The summed E-state index contributed by atoms with van der Waals surface area (Å²) < 4.78 is 30.1. The highest BCUT2D eigenvalue weighted by Gasteiger charge is 2.54. The zero-order valence-electron chi connectivity index (χ0n) is 21.3. The smallest absolute Gasteiger partial charge is 0.258 e. The first kappa shape index (κ1) is 23.6. The van der Waals surface area contributed by atoms with Crippen LogP contribution in [0.25, 0.3) is 0 Å². The molecule has 0 aromatic heterocycles. The van der Waals surface area contributed by atoms with Crippen molar-refractivity contribution >= 4 is 15.7 Å². The van der Waals surface area contributed by atoms with Gasteiger partial charge in [-0.3, -0.25) is 10.1 Å². The van der Waals surface area contributed by atoms with E-state index in [1.54, 1.807) is 0 Å². The molecule has 8 aliphatic rings. The molecule has 8 aliphatic carbocycles. The highest BCUT2D eigenvalue weighted by atomic mass is 32.2. The number of rotatable bonds is 8. The number of sulfonamides is 1. The summed E-state index contributed by atoms with van der Waals surface area (Å²) in [6, 6.07) is 5.58. The molecule has 8 bridgehead atoms. The van der Waals surface area contributed by atoms with Gasteiger partial charge < -0.3 is 0 Å². The largest absolute Gasteiger partial charge is 0.269 e. The Bertz CT molecular complexity index is 1070. The Balaban J connectivity index is 1.17. The van der Waals surface area contributed by atoms with Crippen LogP contribution in [-0.4, -0.2) is 30.7 Å². The summed E-state index contributed by atoms with van der Waals surface area (Å²) >= 11 is 0. The molecule has 0 aliphatic heterocycles. The van der Waals surface area contributed by atoms with E-state index in [0.717, 1.165) is 41.9 Å². The maximum absolute atomic E-state index is 14.1. The molecular formula is C29H40N2O4S. The molecule has 0 saturated heterocycles. The summed E-state index contributed by atoms with van der Waals surface area (Å²) in [5.41, 5.74) is 0.402. The predicted molar refractivity (Wildman–Crippen MR) is 138 cm³/mol. The SMILES string of the molecule is O=[N+]([O-])c1ccc(S(=O)(=O)N(CCC23CC4CC(CC(C4)C2)C3)CC23CC4CC(CC(C4)C2)C3)cc1. The Morgan fingerprint density at radius 1 is 0.750 bits per heavy atom. The van der Waals surface area contributed by atoms with Crippen molar-refractivity contribution in [2.45, 2.75) is 88.4 Å². The normalized spacial score (nSPS) is 42.4. The molecule has 0 spiro atoms. The third-order valence-corrected chi connectivity index (χ3v) is 13.3. The lowest BCUT2D eigenvalue weighted by Crippen LogP contribution is -2.53. The molecule has 1 aromatic rings. The van der Waals surface area contributed by atoms with Gasteiger partial charge in [0.2, 0.25) is 10.0 Å². The third kappa shape index (κ3) is 4.03. The van der Waals surface area contributed by atoms with E-state index in [1.165, 1.54) is 101 Å². The topological polar surface area (TPSA) is 80.5 Å². The van der Waals surface area contributed by atoms with Gasteiger partial charge in [-0.15, -0.1) is 0 Å². The Morgan fingerprint density at radius 2 is 1.17 bits per heavy atom. The lowest BCUT2D eigenvalue weighted by Gasteiger charge is -2.58. The van der Waals surface area contributed by atoms with E-state index in [2.05, 4.69) is 0 Å². The Hall–Kier alpha value is -1.47. The molecule has 9 rings (SSSR count). The first-order valence-corrected chi connectivity index (χ1v) is 15.9. The average Bonchev–Trinajstić information content (AvgIpc) is 2.80. The van der Waals surface area contributed by atoms with Crippen LogP contribution >= 0.6 is 0 Å². The Kier molecular flexibility index (Phi) is 5.42. The maximum Gasteiger partial charge on any atom is 0.269 e. The summed E-state index contributed by atoms with van der Waals surface area (Å²) in [4.78, 5) is 10.9. The minimum absolute atomic E-state index is 0.0600. The molecule has 0 heterocycles. The van der Waals surface area contributed by atoms with Crippen LogP contribution in [-0.2, 0) is 10.0 Å². The first-order valence-electron chi connectivity index (χ1n) is 14.4. The van der Waals surface area contributed by atoms with E-state index in [4.69, 9.17) is 0 Å². The van der Waals surface area contributed by atoms with Gasteiger partial charge in [0.1, 0.15) is 0 Å². The maximum atomic E-state index is 14.1. The van der Waals surface area contributed by atoms with E-state index in [1.807, 2.05) is 4.31 Å². The fourth-order valence-corrected chi connectivity index (χ4v) is 12.5. The van der Waals surface area contributed by atoms with E-state index in [9.17, 15) is 18.5 Å². The van der Waals surface area contributed by atoms with Crippen LogP contribution < -0.4 is 0 Å². The quantitative estimate of drug-likeness (QED) is 0.298. The van der Waals surface area contributed by atoms with Crippen LogP contribution in [0, 0.1) is 56.5 Å². The van der Waals surface area contributed by atoms with Gasteiger partial charge >= 0.3 is 0 Å². The van der Waals surface area contributed by atoms with Crippen molar-refractivity contribution in [3.63, 3.8) is 0 Å². The van der Waals surface area contributed by atoms with Crippen molar-refractivity contribution < 1.29 is 13.3 Å². The van der Waals surface area contributed by atoms with Gasteiger partial charge in [0, 0.05) is 25.2 Å². The van der Waals surface area contributed by atoms with E-state index >= 15 is 0 Å². The molecule has 1 aromatic carbocycles. The summed E-state index contributed by atoms with van der Waals surface area (Å²) in [5, 5.41) is 11.2. The lowest BCUT2D eigenvalue weighted by atomic mass is 9.48. The fourth-order valence-electron chi connectivity index (χ4n) is 11.0. The fraction of sp³-hybridized carbons (Fsp3) is 0.793. The van der Waals surface area contributed by atoms with Gasteiger partial charge in [-0.2, -0.15) is 4.31 Å². The van der Waals surface area contributed by atoms with E-state index in [0.29, 0.717) is 18.5 Å². The highest BCUT2D eigenvalue weighted by Crippen LogP contribution is 2.62. The van der Waals surface area contributed by atoms with Crippen LogP contribution in [0.3, 0.4) is 0 Å². The van der Waals surface area contributed by atoms with Crippen molar-refractivity contribution in [1.82, 2.24) is 4.31 Å². The summed E-state index contributed by atoms with van der Waals surface area (Å²) in [6.07, 6.45) is 16.7. The Labute approximate surface area is 215 Å². The zero-order chi connectivity index (χ0) is 24.7. The number of hydrogen-bond donors (Lipinski definition) is 0. The molecule has 0 N–H and O–H groups in total. The number of hydrogen-bond acceptors (Lipinski definition) is 4. The van der Waals surface area contributed by atoms with Gasteiger partial charge in [0.15, 0.2) is 0 Å². The van der Waals surface area contributed by atoms with Crippen molar-refractivity contribution in [2.24, 2.45) is 46.3 Å². The first-order chi connectivity index (χ1) is 17.2. The summed E-state index contributed by atoms with van der Waals surface area (Å²) in [6.45, 7) is 1.25. The minimum Gasteiger partial charge on any atom is -0.258 e. The van der Waals surface area contributed by atoms with Crippen molar-refractivity contribution in [1.29, 1.82) is 0 Å².